The largest absolute Gasteiger partial charge is 0.345 e. The molecule has 1 heterocycles. The lowest BCUT2D eigenvalue weighted by molar-refractivity contribution is 0.0939. The van der Waals surface area contributed by atoms with E-state index < -0.39 is 0 Å². The Balaban J connectivity index is 2.17. The maximum atomic E-state index is 13.2. The molecule has 0 saturated heterocycles. The van der Waals surface area contributed by atoms with Gasteiger partial charge in [0.15, 0.2) is 0 Å². The third kappa shape index (κ3) is 3.55. The van der Waals surface area contributed by atoms with Gasteiger partial charge in [-0.3, -0.25) is 4.79 Å². The predicted octanol–water partition coefficient (Wildman–Crippen LogP) is 4.13. The highest BCUT2D eigenvalue weighted by Crippen LogP contribution is 2.20. The second-order valence-corrected chi connectivity index (χ2v) is 5.52. The lowest BCUT2D eigenvalue weighted by Crippen LogP contribution is -2.27. The molecule has 1 N–H and O–H groups in total. The Labute approximate surface area is 129 Å². The summed E-state index contributed by atoms with van der Waals surface area (Å²) in [5.74, 6) is -0.702. The maximum Gasteiger partial charge on any atom is 0.254 e. The molecule has 1 aromatic carbocycles. The van der Waals surface area contributed by atoms with Crippen molar-refractivity contribution in [3.05, 3.63) is 63.1 Å². The van der Waals surface area contributed by atoms with E-state index in [0.717, 1.165) is 0 Å². The summed E-state index contributed by atoms with van der Waals surface area (Å²) >= 11 is 9.13. The van der Waals surface area contributed by atoms with Gasteiger partial charge in [0, 0.05) is 10.7 Å². The van der Waals surface area contributed by atoms with Crippen molar-refractivity contribution in [1.29, 1.82) is 0 Å². The number of pyridine rings is 1. The van der Waals surface area contributed by atoms with Crippen molar-refractivity contribution in [1.82, 2.24) is 10.3 Å². The van der Waals surface area contributed by atoms with Crippen LogP contribution in [0.25, 0.3) is 0 Å². The van der Waals surface area contributed by atoms with Crippen molar-refractivity contribution in [2.24, 2.45) is 0 Å². The van der Waals surface area contributed by atoms with Crippen LogP contribution < -0.4 is 5.32 Å². The van der Waals surface area contributed by atoms with Crippen molar-refractivity contribution >= 4 is 33.4 Å². The lowest BCUT2D eigenvalue weighted by Gasteiger charge is -2.15. The third-order valence-electron chi connectivity index (χ3n) is 2.75. The molecule has 1 unspecified atom stereocenters. The molecule has 0 aliphatic heterocycles. The van der Waals surface area contributed by atoms with E-state index in [4.69, 9.17) is 11.6 Å². The zero-order valence-electron chi connectivity index (χ0n) is 10.5. The fourth-order valence-corrected chi connectivity index (χ4v) is 2.24. The summed E-state index contributed by atoms with van der Waals surface area (Å²) in [6.07, 6.45) is 1.51. The topological polar surface area (TPSA) is 42.0 Å². The fourth-order valence-electron chi connectivity index (χ4n) is 1.72. The van der Waals surface area contributed by atoms with Gasteiger partial charge in [-0.2, -0.15) is 0 Å². The SMILES string of the molecule is CC(NC(=O)c1cc(Br)cnc1Cl)c1cccc(F)c1. The van der Waals surface area contributed by atoms with Crippen LogP contribution in [0.3, 0.4) is 0 Å². The first-order chi connectivity index (χ1) is 9.47. The zero-order valence-corrected chi connectivity index (χ0v) is 12.9. The summed E-state index contributed by atoms with van der Waals surface area (Å²) in [5.41, 5.74) is 0.946. The van der Waals surface area contributed by atoms with E-state index in [2.05, 4.69) is 26.2 Å². The van der Waals surface area contributed by atoms with E-state index >= 15 is 0 Å². The zero-order chi connectivity index (χ0) is 14.7. The highest BCUT2D eigenvalue weighted by atomic mass is 79.9. The number of nitrogens with zero attached hydrogens (tertiary/aromatic N) is 1. The van der Waals surface area contributed by atoms with Crippen LogP contribution >= 0.6 is 27.5 Å². The molecule has 2 aromatic rings. The number of carbonyl (C=O) groups is 1. The maximum absolute atomic E-state index is 13.2. The van der Waals surface area contributed by atoms with Gasteiger partial charge in [0.2, 0.25) is 0 Å². The summed E-state index contributed by atoms with van der Waals surface area (Å²) in [5, 5.41) is 2.88. The average molecular weight is 358 g/mol. The number of rotatable bonds is 3. The van der Waals surface area contributed by atoms with Gasteiger partial charge < -0.3 is 5.32 Å². The highest BCUT2D eigenvalue weighted by Gasteiger charge is 2.15. The van der Waals surface area contributed by atoms with Gasteiger partial charge in [-0.25, -0.2) is 9.37 Å². The van der Waals surface area contributed by atoms with Gasteiger partial charge >= 0.3 is 0 Å². The van der Waals surface area contributed by atoms with Gasteiger partial charge in [-0.15, -0.1) is 0 Å². The number of benzene rings is 1. The van der Waals surface area contributed by atoms with Crippen LogP contribution in [0.15, 0.2) is 41.0 Å². The molecule has 3 nitrogen and oxygen atoms in total. The van der Waals surface area contributed by atoms with E-state index in [-0.39, 0.29) is 28.5 Å². The van der Waals surface area contributed by atoms with Crippen LogP contribution in [0.2, 0.25) is 5.15 Å². The molecule has 0 radical (unpaired) electrons. The summed E-state index contributed by atoms with van der Waals surface area (Å²) in [7, 11) is 0. The molecule has 104 valence electrons. The van der Waals surface area contributed by atoms with Crippen LogP contribution in [-0.4, -0.2) is 10.9 Å². The van der Waals surface area contributed by atoms with Gasteiger partial charge in [0.1, 0.15) is 11.0 Å². The Morgan fingerprint density at radius 2 is 2.20 bits per heavy atom. The molecule has 0 saturated carbocycles. The summed E-state index contributed by atoms with van der Waals surface area (Å²) < 4.78 is 13.8. The van der Waals surface area contributed by atoms with Gasteiger partial charge in [0.25, 0.3) is 5.91 Å². The molecule has 0 aliphatic rings. The molecule has 20 heavy (non-hydrogen) atoms. The van der Waals surface area contributed by atoms with Crippen LogP contribution in [0.5, 0.6) is 0 Å². The third-order valence-corrected chi connectivity index (χ3v) is 3.48. The summed E-state index contributed by atoms with van der Waals surface area (Å²) in [6.45, 7) is 1.77. The first kappa shape index (κ1) is 14.9. The van der Waals surface area contributed by atoms with Gasteiger partial charge in [-0.05, 0) is 46.6 Å². The molecule has 1 amide bonds. The minimum absolute atomic E-state index is 0.122. The molecule has 0 fully saturated rings. The highest BCUT2D eigenvalue weighted by molar-refractivity contribution is 9.10. The molecule has 0 spiro atoms. The Morgan fingerprint density at radius 3 is 2.90 bits per heavy atom. The Kier molecular flexibility index (Phi) is 4.73. The monoisotopic (exact) mass is 356 g/mol. The van der Waals surface area contributed by atoms with Crippen LogP contribution in [-0.2, 0) is 0 Å². The van der Waals surface area contributed by atoms with E-state index in [1.165, 1.54) is 18.3 Å². The molecule has 0 bridgehead atoms. The standard InChI is InChI=1S/C14H11BrClFN2O/c1-8(9-3-2-4-11(17)5-9)19-14(20)12-6-10(15)7-18-13(12)16/h2-8H,1H3,(H,19,20). The van der Waals surface area contributed by atoms with Crippen molar-refractivity contribution in [2.45, 2.75) is 13.0 Å². The second-order valence-electron chi connectivity index (χ2n) is 4.24. The van der Waals surface area contributed by atoms with Crippen molar-refractivity contribution in [2.75, 3.05) is 0 Å². The second kappa shape index (κ2) is 6.33. The average Bonchev–Trinajstić information content (AvgIpc) is 2.41. The van der Waals surface area contributed by atoms with Gasteiger partial charge in [-0.1, -0.05) is 23.7 Å². The van der Waals surface area contributed by atoms with Crippen molar-refractivity contribution < 1.29 is 9.18 Å². The van der Waals surface area contributed by atoms with E-state index in [9.17, 15) is 9.18 Å². The molecule has 2 rings (SSSR count). The van der Waals surface area contributed by atoms with Crippen molar-refractivity contribution in [3.8, 4) is 0 Å². The Morgan fingerprint density at radius 1 is 1.45 bits per heavy atom. The summed E-state index contributed by atoms with van der Waals surface area (Å²) in [6, 6.07) is 7.32. The predicted molar refractivity (Wildman–Crippen MR) is 79.2 cm³/mol. The molecule has 0 aliphatic carbocycles. The van der Waals surface area contributed by atoms with E-state index in [1.807, 2.05) is 0 Å². The number of halogens is 3. The first-order valence-corrected chi connectivity index (χ1v) is 7.02. The number of amides is 1. The number of aromatic nitrogens is 1. The fraction of sp³-hybridized carbons (Fsp3) is 0.143. The Hall–Kier alpha value is -1.46. The Bertz CT molecular complexity index is 651. The smallest absolute Gasteiger partial charge is 0.254 e. The van der Waals surface area contributed by atoms with Crippen LogP contribution in [0.4, 0.5) is 4.39 Å². The number of carbonyl (C=O) groups excluding carboxylic acids is 1. The lowest BCUT2D eigenvalue weighted by atomic mass is 10.1. The van der Waals surface area contributed by atoms with Crippen LogP contribution in [0.1, 0.15) is 28.9 Å². The van der Waals surface area contributed by atoms with E-state index in [1.54, 1.807) is 25.1 Å². The minimum Gasteiger partial charge on any atom is -0.345 e. The molecule has 1 aromatic heterocycles. The number of hydrogen-bond donors (Lipinski definition) is 1. The van der Waals surface area contributed by atoms with E-state index in [0.29, 0.717) is 10.0 Å². The molecule has 1 atom stereocenters. The van der Waals surface area contributed by atoms with Crippen LogP contribution in [0, 0.1) is 5.82 Å². The quantitative estimate of drug-likeness (QED) is 0.839. The molecular formula is C14H11BrClFN2O. The summed E-state index contributed by atoms with van der Waals surface area (Å²) in [4.78, 5) is 16.0. The molecular weight excluding hydrogens is 347 g/mol. The van der Waals surface area contributed by atoms with Crippen molar-refractivity contribution in [3.63, 3.8) is 0 Å². The van der Waals surface area contributed by atoms with Gasteiger partial charge in [0.05, 0.1) is 11.6 Å². The molecule has 6 heteroatoms. The normalized spacial score (nSPS) is 12.0. The first-order valence-electron chi connectivity index (χ1n) is 5.84. The number of nitrogens with one attached hydrogen (secondary N) is 1. The minimum atomic E-state index is -0.361. The number of hydrogen-bond acceptors (Lipinski definition) is 2.